The Hall–Kier alpha value is -1.89. The summed E-state index contributed by atoms with van der Waals surface area (Å²) in [4.78, 5) is 12.4. The van der Waals surface area contributed by atoms with Crippen LogP contribution >= 0.6 is 15.9 Å². The number of aliphatic hydroxyl groups is 1. The van der Waals surface area contributed by atoms with Crippen LogP contribution in [0.15, 0.2) is 53.0 Å². The number of amides is 1. The molecule has 2 aromatic rings. The van der Waals surface area contributed by atoms with E-state index in [1.165, 1.54) is 0 Å². The van der Waals surface area contributed by atoms with Crippen molar-refractivity contribution in [1.29, 1.82) is 0 Å². The Morgan fingerprint density at radius 3 is 2.42 bits per heavy atom. The van der Waals surface area contributed by atoms with Gasteiger partial charge >= 0.3 is 0 Å². The van der Waals surface area contributed by atoms with E-state index in [9.17, 15) is 4.79 Å². The van der Waals surface area contributed by atoms with Crippen LogP contribution in [0, 0.1) is 0 Å². The van der Waals surface area contributed by atoms with Gasteiger partial charge in [0, 0.05) is 11.0 Å². The molecular formula is C18H21BrN2O3. The summed E-state index contributed by atoms with van der Waals surface area (Å²) >= 11 is 3.37. The van der Waals surface area contributed by atoms with Gasteiger partial charge in [0.1, 0.15) is 17.9 Å². The number of hydrogen-bond acceptors (Lipinski definition) is 4. The molecule has 6 heteroatoms. The summed E-state index contributed by atoms with van der Waals surface area (Å²) in [7, 11) is 0. The largest absolute Gasteiger partial charge is 0.491 e. The highest BCUT2D eigenvalue weighted by Gasteiger charge is 2.30. The predicted octanol–water partition coefficient (Wildman–Crippen LogP) is 2.31. The molecule has 24 heavy (non-hydrogen) atoms. The first kappa shape index (κ1) is 18.4. The molecule has 1 unspecified atom stereocenters. The van der Waals surface area contributed by atoms with Crippen LogP contribution in [0.4, 0.5) is 0 Å². The zero-order chi connectivity index (χ0) is 17.6. The molecule has 4 N–H and O–H groups in total. The van der Waals surface area contributed by atoms with Gasteiger partial charge in [-0.05, 0) is 42.3 Å². The summed E-state index contributed by atoms with van der Waals surface area (Å²) < 4.78 is 6.23. The Labute approximate surface area is 150 Å². The van der Waals surface area contributed by atoms with E-state index in [4.69, 9.17) is 15.6 Å². The number of carbonyl (C=O) groups is 1. The molecule has 0 aliphatic carbocycles. The van der Waals surface area contributed by atoms with Crippen LogP contribution in [-0.4, -0.2) is 24.2 Å². The smallest absolute Gasteiger partial charge is 0.244 e. The van der Waals surface area contributed by atoms with Gasteiger partial charge in [-0.1, -0.05) is 40.2 Å². The van der Waals surface area contributed by atoms with Gasteiger partial charge in [0.05, 0.1) is 6.61 Å². The van der Waals surface area contributed by atoms with E-state index in [1.807, 2.05) is 36.4 Å². The summed E-state index contributed by atoms with van der Waals surface area (Å²) in [5, 5.41) is 11.6. The van der Waals surface area contributed by atoms with Gasteiger partial charge in [-0.2, -0.15) is 0 Å². The second-order valence-corrected chi connectivity index (χ2v) is 6.52. The number of hydrogen-bond donors (Lipinski definition) is 3. The fraction of sp³-hybridized carbons (Fsp3) is 0.278. The molecule has 0 saturated heterocycles. The van der Waals surface area contributed by atoms with Crippen molar-refractivity contribution in [2.75, 3.05) is 13.2 Å². The minimum absolute atomic E-state index is 0.0249. The highest BCUT2D eigenvalue weighted by molar-refractivity contribution is 9.10. The molecule has 128 valence electrons. The molecule has 5 nitrogen and oxygen atoms in total. The number of rotatable bonds is 7. The minimum Gasteiger partial charge on any atom is -0.491 e. The molecule has 0 aliphatic heterocycles. The van der Waals surface area contributed by atoms with E-state index in [1.54, 1.807) is 19.1 Å². The van der Waals surface area contributed by atoms with Crippen molar-refractivity contribution in [2.24, 2.45) is 5.73 Å². The van der Waals surface area contributed by atoms with Crippen molar-refractivity contribution >= 4 is 21.8 Å². The third-order valence-corrected chi connectivity index (χ3v) is 4.18. The highest BCUT2D eigenvalue weighted by Crippen LogP contribution is 2.21. The van der Waals surface area contributed by atoms with Crippen LogP contribution in [0.5, 0.6) is 5.75 Å². The molecule has 1 amide bonds. The molecule has 0 radical (unpaired) electrons. The monoisotopic (exact) mass is 392 g/mol. The second kappa shape index (κ2) is 8.28. The number of aliphatic hydroxyl groups excluding tert-OH is 1. The lowest BCUT2D eigenvalue weighted by Gasteiger charge is -2.24. The van der Waals surface area contributed by atoms with Gasteiger partial charge in [0.25, 0.3) is 0 Å². The van der Waals surface area contributed by atoms with Crippen LogP contribution < -0.4 is 15.8 Å². The van der Waals surface area contributed by atoms with E-state index in [2.05, 4.69) is 21.2 Å². The zero-order valence-electron chi connectivity index (χ0n) is 13.5. The molecule has 0 saturated carbocycles. The summed E-state index contributed by atoms with van der Waals surface area (Å²) in [6, 6.07) is 14.7. The van der Waals surface area contributed by atoms with Gasteiger partial charge in [0.2, 0.25) is 5.91 Å². The van der Waals surface area contributed by atoms with E-state index < -0.39 is 5.54 Å². The van der Waals surface area contributed by atoms with Crippen molar-refractivity contribution in [1.82, 2.24) is 5.32 Å². The molecular weight excluding hydrogens is 372 g/mol. The van der Waals surface area contributed by atoms with Crippen LogP contribution in [0.1, 0.15) is 18.1 Å². The molecule has 1 atom stereocenters. The maximum Gasteiger partial charge on any atom is 0.244 e. The lowest BCUT2D eigenvalue weighted by molar-refractivity contribution is -0.126. The quantitative estimate of drug-likeness (QED) is 0.674. The van der Waals surface area contributed by atoms with E-state index in [0.717, 1.165) is 15.6 Å². The fourth-order valence-corrected chi connectivity index (χ4v) is 2.42. The lowest BCUT2D eigenvalue weighted by Crippen LogP contribution is -2.48. The topological polar surface area (TPSA) is 84.6 Å². The van der Waals surface area contributed by atoms with Crippen molar-refractivity contribution < 1.29 is 14.6 Å². The Balaban J connectivity index is 1.95. The molecule has 0 aliphatic rings. The van der Waals surface area contributed by atoms with Gasteiger partial charge in [-0.3, -0.25) is 4.79 Å². The van der Waals surface area contributed by atoms with Crippen molar-refractivity contribution in [3.05, 3.63) is 64.1 Å². The number of halogens is 1. The van der Waals surface area contributed by atoms with Gasteiger partial charge < -0.3 is 20.9 Å². The molecule has 0 fully saturated rings. The maximum absolute atomic E-state index is 12.4. The first-order valence-corrected chi connectivity index (χ1v) is 8.38. The summed E-state index contributed by atoms with van der Waals surface area (Å²) in [6.07, 6.45) is 0. The molecule has 2 rings (SSSR count). The lowest BCUT2D eigenvalue weighted by atomic mass is 9.92. The van der Waals surface area contributed by atoms with E-state index >= 15 is 0 Å². The average molecular weight is 393 g/mol. The molecule has 0 aromatic heterocycles. The van der Waals surface area contributed by atoms with Gasteiger partial charge in [0.15, 0.2) is 0 Å². The summed E-state index contributed by atoms with van der Waals surface area (Å²) in [6.45, 7) is 2.30. The SMILES string of the molecule is CC(N)(C(=O)NCc1ccc(OCCO)cc1)c1ccc(Br)cc1. The third kappa shape index (κ3) is 4.80. The molecule has 0 spiro atoms. The normalized spacial score (nSPS) is 13.2. The van der Waals surface area contributed by atoms with Crippen molar-refractivity contribution in [2.45, 2.75) is 19.0 Å². The molecule has 0 bridgehead atoms. The Morgan fingerprint density at radius 1 is 1.21 bits per heavy atom. The maximum atomic E-state index is 12.4. The predicted molar refractivity (Wildman–Crippen MR) is 96.6 cm³/mol. The Bertz CT molecular complexity index is 670. The van der Waals surface area contributed by atoms with E-state index in [-0.39, 0.29) is 19.1 Å². The zero-order valence-corrected chi connectivity index (χ0v) is 15.0. The number of benzene rings is 2. The summed E-state index contributed by atoms with van der Waals surface area (Å²) in [5.41, 5.74) is 6.78. The first-order chi connectivity index (χ1) is 11.4. The van der Waals surface area contributed by atoms with Crippen LogP contribution in [0.2, 0.25) is 0 Å². The highest BCUT2D eigenvalue weighted by atomic mass is 79.9. The number of carbonyl (C=O) groups excluding carboxylic acids is 1. The van der Waals surface area contributed by atoms with E-state index in [0.29, 0.717) is 12.3 Å². The molecule has 0 heterocycles. The van der Waals surface area contributed by atoms with Crippen LogP contribution in [-0.2, 0) is 16.9 Å². The van der Waals surface area contributed by atoms with Gasteiger partial charge in [-0.15, -0.1) is 0 Å². The van der Waals surface area contributed by atoms with Crippen LogP contribution in [0.25, 0.3) is 0 Å². The fourth-order valence-electron chi connectivity index (χ4n) is 2.16. The first-order valence-electron chi connectivity index (χ1n) is 7.59. The Kier molecular flexibility index (Phi) is 6.36. The standard InChI is InChI=1S/C18H21BrN2O3/c1-18(20,14-4-6-15(19)7-5-14)17(23)21-12-13-2-8-16(9-3-13)24-11-10-22/h2-9,22H,10-12,20H2,1H3,(H,21,23). The number of ether oxygens (including phenoxy) is 1. The van der Waals surface area contributed by atoms with Gasteiger partial charge in [-0.25, -0.2) is 0 Å². The third-order valence-electron chi connectivity index (χ3n) is 3.65. The number of nitrogens with two attached hydrogens (primary N) is 1. The average Bonchev–Trinajstić information content (AvgIpc) is 2.59. The minimum atomic E-state index is -1.11. The Morgan fingerprint density at radius 2 is 1.83 bits per heavy atom. The van der Waals surface area contributed by atoms with Crippen LogP contribution in [0.3, 0.4) is 0 Å². The second-order valence-electron chi connectivity index (χ2n) is 5.61. The summed E-state index contributed by atoms with van der Waals surface area (Å²) in [5.74, 6) is 0.433. The van der Waals surface area contributed by atoms with Crippen molar-refractivity contribution in [3.63, 3.8) is 0 Å². The van der Waals surface area contributed by atoms with Crippen molar-refractivity contribution in [3.8, 4) is 5.75 Å². The number of nitrogens with one attached hydrogen (secondary N) is 1. The molecule has 2 aromatic carbocycles.